The molecular formula is C26H33ClN4O3. The monoisotopic (exact) mass is 484 g/mol. The molecule has 7 nitrogen and oxygen atoms in total. The van der Waals surface area contributed by atoms with Gasteiger partial charge in [-0.25, -0.2) is 0 Å². The number of nitrogens with zero attached hydrogens (tertiary/aromatic N) is 4. The Bertz CT molecular complexity index is 1150. The summed E-state index contributed by atoms with van der Waals surface area (Å²) in [6.45, 7) is 10.2. The Hall–Kier alpha value is -2.51. The van der Waals surface area contributed by atoms with Crippen molar-refractivity contribution in [3.63, 3.8) is 0 Å². The van der Waals surface area contributed by atoms with Gasteiger partial charge in [-0.2, -0.15) is 0 Å². The van der Waals surface area contributed by atoms with Gasteiger partial charge in [-0.05, 0) is 62.8 Å². The van der Waals surface area contributed by atoms with Gasteiger partial charge in [-0.1, -0.05) is 36.7 Å². The highest BCUT2D eigenvalue weighted by atomic mass is 35.5. The molecule has 1 atom stereocenters. The van der Waals surface area contributed by atoms with Crippen LogP contribution in [0.25, 0.3) is 11.5 Å². The fourth-order valence-corrected chi connectivity index (χ4v) is 4.41. The molecule has 0 unspecified atom stereocenters. The number of benzene rings is 1. The van der Waals surface area contributed by atoms with Crippen LogP contribution in [0.5, 0.6) is 0 Å². The third-order valence-corrected chi connectivity index (χ3v) is 6.10. The Labute approximate surface area is 205 Å². The number of Topliss-reactive ketones (excluding diaryl/α,β-unsaturated/α-hetero) is 1. The standard InChI is InChI=1S/C26H33ClN4O3/c1-15(2)10-22-14-23(30-34-22)25-28-29-26(31(25)20-8-9-20)24(33-16(3)4)13-21(32)12-18-6-7-19(27)11-17(18)5/h6-7,11,14-16,20,24H,8-10,12-13H2,1-5H3/t24-/m0/s1. The van der Waals surface area contributed by atoms with E-state index in [0.29, 0.717) is 34.7 Å². The van der Waals surface area contributed by atoms with Gasteiger partial charge in [0, 0.05) is 36.4 Å². The lowest BCUT2D eigenvalue weighted by Gasteiger charge is -2.21. The highest BCUT2D eigenvalue weighted by molar-refractivity contribution is 6.30. The van der Waals surface area contributed by atoms with E-state index in [1.807, 2.05) is 45.0 Å². The number of carbonyl (C=O) groups is 1. The third-order valence-electron chi connectivity index (χ3n) is 5.86. The fraction of sp³-hybridized carbons (Fsp3) is 0.538. The van der Waals surface area contributed by atoms with Crippen molar-refractivity contribution in [1.82, 2.24) is 19.9 Å². The first-order chi connectivity index (χ1) is 16.2. The van der Waals surface area contributed by atoms with Crippen molar-refractivity contribution in [3.8, 4) is 11.5 Å². The van der Waals surface area contributed by atoms with Crippen LogP contribution in [0.1, 0.15) is 81.8 Å². The lowest BCUT2D eigenvalue weighted by molar-refractivity contribution is -0.122. The molecule has 3 aromatic rings. The average Bonchev–Trinajstić information content (AvgIpc) is 3.32. The maximum Gasteiger partial charge on any atom is 0.186 e. The second-order valence-corrected chi connectivity index (χ2v) is 10.4. The van der Waals surface area contributed by atoms with E-state index in [2.05, 4.69) is 33.8 Å². The van der Waals surface area contributed by atoms with Crippen molar-refractivity contribution in [1.29, 1.82) is 0 Å². The maximum atomic E-state index is 13.1. The zero-order valence-corrected chi connectivity index (χ0v) is 21.3. The molecule has 1 aromatic carbocycles. The van der Waals surface area contributed by atoms with Crippen LogP contribution in [0, 0.1) is 12.8 Å². The van der Waals surface area contributed by atoms with Gasteiger partial charge in [-0.15, -0.1) is 10.2 Å². The summed E-state index contributed by atoms with van der Waals surface area (Å²) in [5.41, 5.74) is 2.66. The van der Waals surface area contributed by atoms with E-state index in [1.165, 1.54) is 0 Å². The Kier molecular flexibility index (Phi) is 7.53. The summed E-state index contributed by atoms with van der Waals surface area (Å²) in [6.07, 6.45) is 2.91. The molecule has 0 aliphatic heterocycles. The summed E-state index contributed by atoms with van der Waals surface area (Å²) in [4.78, 5) is 13.1. The zero-order valence-electron chi connectivity index (χ0n) is 20.5. The molecule has 0 radical (unpaired) electrons. The van der Waals surface area contributed by atoms with Crippen molar-refractivity contribution < 1.29 is 14.1 Å². The highest BCUT2D eigenvalue weighted by Crippen LogP contribution is 2.41. The number of hydrogen-bond donors (Lipinski definition) is 0. The van der Waals surface area contributed by atoms with Crippen molar-refractivity contribution in [2.24, 2.45) is 5.92 Å². The van der Waals surface area contributed by atoms with Crippen LogP contribution in [0.2, 0.25) is 5.02 Å². The largest absolute Gasteiger partial charge is 0.367 e. The molecule has 0 bridgehead atoms. The van der Waals surface area contributed by atoms with Gasteiger partial charge in [0.1, 0.15) is 17.6 Å². The first-order valence-corrected chi connectivity index (χ1v) is 12.4. The Morgan fingerprint density at radius 1 is 1.21 bits per heavy atom. The molecule has 0 spiro atoms. The van der Waals surface area contributed by atoms with Gasteiger partial charge in [-0.3, -0.25) is 4.79 Å². The number of rotatable bonds is 11. The fourth-order valence-electron chi connectivity index (χ4n) is 4.19. The molecule has 34 heavy (non-hydrogen) atoms. The SMILES string of the molecule is Cc1cc(Cl)ccc1CC(=O)C[C@H](OC(C)C)c1nnc(-c2cc(CC(C)C)on2)n1C1CC1. The molecule has 182 valence electrons. The van der Waals surface area contributed by atoms with Crippen molar-refractivity contribution in [2.75, 3.05) is 0 Å². The molecule has 4 rings (SSSR count). The lowest BCUT2D eigenvalue weighted by Crippen LogP contribution is -2.20. The smallest absolute Gasteiger partial charge is 0.186 e. The molecule has 2 heterocycles. The predicted octanol–water partition coefficient (Wildman–Crippen LogP) is 6.10. The van der Waals surface area contributed by atoms with Crippen molar-refractivity contribution in [2.45, 2.75) is 85.0 Å². The summed E-state index contributed by atoms with van der Waals surface area (Å²) in [5, 5.41) is 13.9. The molecule has 0 saturated heterocycles. The Balaban J connectivity index is 1.60. The van der Waals surface area contributed by atoms with E-state index in [1.54, 1.807) is 0 Å². The number of aromatic nitrogens is 4. The molecule has 0 N–H and O–H groups in total. The maximum absolute atomic E-state index is 13.1. The van der Waals surface area contributed by atoms with E-state index in [0.717, 1.165) is 36.1 Å². The third kappa shape index (κ3) is 5.94. The van der Waals surface area contributed by atoms with E-state index in [9.17, 15) is 4.79 Å². The number of aryl methyl sites for hydroxylation is 1. The van der Waals surface area contributed by atoms with Crippen LogP contribution in [0.3, 0.4) is 0 Å². The molecule has 8 heteroatoms. The molecule has 1 fully saturated rings. The number of ether oxygens (including phenoxy) is 1. The second-order valence-electron chi connectivity index (χ2n) is 9.92. The van der Waals surface area contributed by atoms with E-state index < -0.39 is 6.10 Å². The van der Waals surface area contributed by atoms with Crippen LogP contribution in [-0.4, -0.2) is 31.8 Å². The van der Waals surface area contributed by atoms with Gasteiger partial charge in [0.15, 0.2) is 17.3 Å². The van der Waals surface area contributed by atoms with E-state index in [-0.39, 0.29) is 24.3 Å². The van der Waals surface area contributed by atoms with Gasteiger partial charge >= 0.3 is 0 Å². The van der Waals surface area contributed by atoms with Crippen LogP contribution in [0.4, 0.5) is 0 Å². The van der Waals surface area contributed by atoms with Gasteiger partial charge in [0.25, 0.3) is 0 Å². The van der Waals surface area contributed by atoms with Crippen molar-refractivity contribution >= 4 is 17.4 Å². The number of carbonyl (C=O) groups excluding carboxylic acids is 1. The normalized spacial score (nSPS) is 14.8. The second kappa shape index (κ2) is 10.4. The molecule has 0 amide bonds. The summed E-state index contributed by atoms with van der Waals surface area (Å²) in [5.74, 6) is 2.75. The predicted molar refractivity (Wildman–Crippen MR) is 131 cm³/mol. The minimum Gasteiger partial charge on any atom is -0.367 e. The number of hydrogen-bond acceptors (Lipinski definition) is 6. The average molecular weight is 485 g/mol. The topological polar surface area (TPSA) is 83.0 Å². The summed E-state index contributed by atoms with van der Waals surface area (Å²) < 4.78 is 13.9. The van der Waals surface area contributed by atoms with Crippen LogP contribution in [0.15, 0.2) is 28.8 Å². The molecule has 1 aliphatic carbocycles. The Morgan fingerprint density at radius 2 is 1.97 bits per heavy atom. The van der Waals surface area contributed by atoms with E-state index >= 15 is 0 Å². The van der Waals surface area contributed by atoms with Gasteiger partial charge in [0.05, 0.1) is 6.10 Å². The summed E-state index contributed by atoms with van der Waals surface area (Å²) in [6, 6.07) is 7.85. The minimum absolute atomic E-state index is 0.0624. The van der Waals surface area contributed by atoms with Crippen LogP contribution < -0.4 is 0 Å². The first-order valence-electron chi connectivity index (χ1n) is 12.0. The summed E-state index contributed by atoms with van der Waals surface area (Å²) in [7, 11) is 0. The van der Waals surface area contributed by atoms with Crippen LogP contribution in [-0.2, 0) is 22.4 Å². The minimum atomic E-state index is -0.482. The van der Waals surface area contributed by atoms with Crippen LogP contribution >= 0.6 is 11.6 Å². The highest BCUT2D eigenvalue weighted by Gasteiger charge is 2.35. The molecule has 1 aliphatic rings. The quantitative estimate of drug-likeness (QED) is 0.327. The van der Waals surface area contributed by atoms with Gasteiger partial charge < -0.3 is 13.8 Å². The Morgan fingerprint density at radius 3 is 2.62 bits per heavy atom. The van der Waals surface area contributed by atoms with Gasteiger partial charge in [0.2, 0.25) is 0 Å². The number of halogens is 1. The molecule has 2 aromatic heterocycles. The number of ketones is 1. The molecular weight excluding hydrogens is 452 g/mol. The molecule has 1 saturated carbocycles. The summed E-state index contributed by atoms with van der Waals surface area (Å²) >= 11 is 6.07. The zero-order chi connectivity index (χ0) is 24.4. The lowest BCUT2D eigenvalue weighted by atomic mass is 10.00. The first kappa shape index (κ1) is 24.6. The van der Waals surface area contributed by atoms with Crippen molar-refractivity contribution in [3.05, 3.63) is 52.0 Å². The van der Waals surface area contributed by atoms with E-state index in [4.69, 9.17) is 20.9 Å².